The van der Waals surface area contributed by atoms with E-state index in [0.717, 1.165) is 0 Å². The first-order chi connectivity index (χ1) is 16.4. The van der Waals surface area contributed by atoms with Crippen molar-refractivity contribution in [2.75, 3.05) is 49.3 Å². The summed E-state index contributed by atoms with van der Waals surface area (Å²) in [5.74, 6) is -1.15. The molecule has 1 heterocycles. The zero-order chi connectivity index (χ0) is 26.5. The second-order valence-electron chi connectivity index (χ2n) is 7.79. The fraction of sp³-hybridized carbons (Fsp3) is 0.478. The van der Waals surface area contributed by atoms with Crippen LogP contribution in [0.4, 0.5) is 11.9 Å². The number of anilines is 2. The van der Waals surface area contributed by atoms with Crippen LogP contribution in [-0.2, 0) is 19.1 Å². The van der Waals surface area contributed by atoms with E-state index in [2.05, 4.69) is 21.5 Å². The lowest BCUT2D eigenvalue weighted by molar-refractivity contribution is -0.138. The van der Waals surface area contributed by atoms with Gasteiger partial charge in [0, 0.05) is 49.7 Å². The number of aliphatic carboxylic acids is 2. The highest BCUT2D eigenvalue weighted by Gasteiger charge is 2.14. The molecule has 0 radical (unpaired) electrons. The predicted octanol–water partition coefficient (Wildman–Crippen LogP) is 2.80. The van der Waals surface area contributed by atoms with Gasteiger partial charge in [0.2, 0.25) is 11.9 Å². The minimum Gasteiger partial charge on any atom is -0.478 e. The Labute approximate surface area is 209 Å². The molecule has 35 heavy (non-hydrogen) atoms. The maximum absolute atomic E-state index is 11.6. The third-order valence-corrected chi connectivity index (χ3v) is 5.49. The number of hydrogen-bond donors (Lipinski definition) is 2. The van der Waals surface area contributed by atoms with E-state index < -0.39 is 17.9 Å². The Morgan fingerprint density at radius 1 is 0.914 bits per heavy atom. The monoisotopic (exact) mass is 507 g/mol. The van der Waals surface area contributed by atoms with E-state index in [1.54, 1.807) is 43.0 Å². The van der Waals surface area contributed by atoms with Crippen LogP contribution < -0.4 is 9.80 Å². The van der Waals surface area contributed by atoms with E-state index >= 15 is 0 Å². The first kappa shape index (κ1) is 29.6. The molecule has 0 amide bonds. The number of carboxylic acids is 2. The van der Waals surface area contributed by atoms with Gasteiger partial charge in [-0.25, -0.2) is 14.4 Å². The molecule has 0 aliphatic heterocycles. The first-order valence-electron chi connectivity index (χ1n) is 10.9. The Kier molecular flexibility index (Phi) is 12.5. The van der Waals surface area contributed by atoms with E-state index in [9.17, 15) is 14.4 Å². The van der Waals surface area contributed by atoms with Crippen LogP contribution in [0.1, 0.15) is 33.6 Å². The molecule has 192 valence electrons. The Bertz CT molecular complexity index is 936. The highest BCUT2D eigenvalue weighted by atomic mass is 32.2. The molecule has 1 aromatic heterocycles. The van der Waals surface area contributed by atoms with Gasteiger partial charge in [0.1, 0.15) is 6.61 Å². The number of carboxylic acid groups (broad SMARTS) is 2. The standard InChI is InChI=1S/C23H33N5O6S/c1-15(2)20(33)34-13-14-35-23-25-21(27(5)11-7-9-16(3)18(29)30)24-22(26-23)28(6)12-8-10-17(4)19(31)32/h9-10H,1,7-8,11-14H2,2-6H3,(H,29,30)(H,31,32). The van der Waals surface area contributed by atoms with E-state index in [4.69, 9.17) is 14.9 Å². The van der Waals surface area contributed by atoms with Crippen molar-refractivity contribution in [1.82, 2.24) is 15.0 Å². The summed E-state index contributed by atoms with van der Waals surface area (Å²) in [5.41, 5.74) is 0.849. The van der Waals surface area contributed by atoms with Gasteiger partial charge >= 0.3 is 17.9 Å². The highest BCUT2D eigenvalue weighted by molar-refractivity contribution is 7.99. The summed E-state index contributed by atoms with van der Waals surface area (Å²) in [6.45, 7) is 9.33. The summed E-state index contributed by atoms with van der Waals surface area (Å²) in [7, 11) is 3.59. The number of rotatable bonds is 15. The molecule has 1 rings (SSSR count). The van der Waals surface area contributed by atoms with Gasteiger partial charge in [-0.3, -0.25) is 0 Å². The van der Waals surface area contributed by atoms with Gasteiger partial charge in [-0.2, -0.15) is 15.0 Å². The van der Waals surface area contributed by atoms with Crippen molar-refractivity contribution in [2.24, 2.45) is 0 Å². The quantitative estimate of drug-likeness (QED) is 0.156. The zero-order valence-corrected chi connectivity index (χ0v) is 21.6. The fourth-order valence-electron chi connectivity index (χ4n) is 2.46. The molecule has 0 unspecified atom stereocenters. The van der Waals surface area contributed by atoms with Gasteiger partial charge in [0.25, 0.3) is 0 Å². The lowest BCUT2D eigenvalue weighted by Crippen LogP contribution is -2.25. The van der Waals surface area contributed by atoms with Gasteiger partial charge < -0.3 is 24.7 Å². The second kappa shape index (κ2) is 14.8. The van der Waals surface area contributed by atoms with Gasteiger partial charge in [0.15, 0.2) is 5.16 Å². The van der Waals surface area contributed by atoms with Gasteiger partial charge in [-0.1, -0.05) is 30.5 Å². The van der Waals surface area contributed by atoms with E-state index in [1.807, 2.05) is 0 Å². The van der Waals surface area contributed by atoms with Crippen LogP contribution in [-0.4, -0.2) is 82.6 Å². The number of hydrogen-bond acceptors (Lipinski definition) is 10. The summed E-state index contributed by atoms with van der Waals surface area (Å²) >= 11 is 1.30. The summed E-state index contributed by atoms with van der Waals surface area (Å²) < 4.78 is 5.11. The van der Waals surface area contributed by atoms with Crippen molar-refractivity contribution in [3.05, 3.63) is 35.5 Å². The van der Waals surface area contributed by atoms with E-state index in [1.165, 1.54) is 25.6 Å². The van der Waals surface area contributed by atoms with Crippen LogP contribution in [0.25, 0.3) is 0 Å². The average Bonchev–Trinajstić information content (AvgIpc) is 2.80. The number of ether oxygens (including phenoxy) is 1. The molecule has 0 atom stereocenters. The Hall–Kier alpha value is -3.41. The average molecular weight is 508 g/mol. The fourth-order valence-corrected chi connectivity index (χ4v) is 3.10. The molecule has 11 nitrogen and oxygen atoms in total. The molecular weight excluding hydrogens is 474 g/mol. The molecule has 0 saturated carbocycles. The van der Waals surface area contributed by atoms with Gasteiger partial charge in [-0.15, -0.1) is 0 Å². The number of esters is 1. The summed E-state index contributed by atoms with van der Waals surface area (Å²) in [4.78, 5) is 50.6. The minimum absolute atomic E-state index is 0.164. The molecule has 0 saturated heterocycles. The molecule has 2 N–H and O–H groups in total. The molecule has 0 aliphatic carbocycles. The molecule has 0 spiro atoms. The largest absolute Gasteiger partial charge is 0.478 e. The van der Waals surface area contributed by atoms with Crippen molar-refractivity contribution in [1.29, 1.82) is 0 Å². The first-order valence-corrected chi connectivity index (χ1v) is 11.8. The molecule has 0 aromatic carbocycles. The normalized spacial score (nSPS) is 11.7. The van der Waals surface area contributed by atoms with E-state index in [0.29, 0.717) is 54.3 Å². The second-order valence-corrected chi connectivity index (χ2v) is 8.85. The van der Waals surface area contributed by atoms with Crippen LogP contribution >= 0.6 is 11.8 Å². The van der Waals surface area contributed by atoms with Crippen molar-refractivity contribution < 1.29 is 29.3 Å². The van der Waals surface area contributed by atoms with E-state index in [-0.39, 0.29) is 17.8 Å². The summed E-state index contributed by atoms with van der Waals surface area (Å²) in [6.07, 6.45) is 4.25. The number of thioether (sulfide) groups is 1. The lowest BCUT2D eigenvalue weighted by atomic mass is 10.2. The smallest absolute Gasteiger partial charge is 0.333 e. The molecule has 0 bridgehead atoms. The highest BCUT2D eigenvalue weighted by Crippen LogP contribution is 2.20. The van der Waals surface area contributed by atoms with Crippen molar-refractivity contribution in [2.45, 2.75) is 38.8 Å². The number of carbonyl (C=O) groups excluding carboxylic acids is 1. The Balaban J connectivity index is 2.99. The summed E-state index contributed by atoms with van der Waals surface area (Å²) in [5, 5.41) is 18.4. The number of nitrogens with zero attached hydrogens (tertiary/aromatic N) is 5. The topological polar surface area (TPSA) is 146 Å². The zero-order valence-electron chi connectivity index (χ0n) is 20.8. The van der Waals surface area contributed by atoms with Crippen LogP contribution in [0.2, 0.25) is 0 Å². The molecule has 0 fully saturated rings. The van der Waals surface area contributed by atoms with Crippen molar-refractivity contribution in [3.63, 3.8) is 0 Å². The predicted molar refractivity (Wildman–Crippen MR) is 135 cm³/mol. The molecular formula is C23H33N5O6S. The molecule has 1 aromatic rings. The third-order valence-electron chi connectivity index (χ3n) is 4.67. The third kappa shape index (κ3) is 11.0. The maximum atomic E-state index is 11.6. The maximum Gasteiger partial charge on any atom is 0.333 e. The summed E-state index contributed by atoms with van der Waals surface area (Å²) in [6, 6.07) is 0. The van der Waals surface area contributed by atoms with Crippen molar-refractivity contribution >= 4 is 41.6 Å². The van der Waals surface area contributed by atoms with Crippen LogP contribution in [0, 0.1) is 0 Å². The van der Waals surface area contributed by atoms with Crippen LogP contribution in [0.15, 0.2) is 40.6 Å². The van der Waals surface area contributed by atoms with Crippen molar-refractivity contribution in [3.8, 4) is 0 Å². The number of carbonyl (C=O) groups is 3. The molecule has 0 aliphatic rings. The SMILES string of the molecule is C=C(C)C(=O)OCCSc1nc(N(C)CCC=C(C)C(=O)O)nc(N(C)CCC=C(C)C(=O)O)n1. The van der Waals surface area contributed by atoms with Gasteiger partial charge in [-0.05, 0) is 33.6 Å². The number of aromatic nitrogens is 3. The Morgan fingerprint density at radius 2 is 1.37 bits per heavy atom. The molecule has 12 heteroatoms. The van der Waals surface area contributed by atoms with Crippen LogP contribution in [0.3, 0.4) is 0 Å². The Morgan fingerprint density at radius 3 is 1.77 bits per heavy atom. The lowest BCUT2D eigenvalue weighted by Gasteiger charge is -2.21. The van der Waals surface area contributed by atoms with Gasteiger partial charge in [0.05, 0.1) is 0 Å². The minimum atomic E-state index is -0.963. The van der Waals surface area contributed by atoms with Crippen LogP contribution in [0.5, 0.6) is 0 Å².